The van der Waals surface area contributed by atoms with Crippen molar-refractivity contribution in [2.45, 2.75) is 4.90 Å². The molecule has 0 aliphatic rings. The zero-order chi connectivity index (χ0) is 16.9. The molecule has 0 atom stereocenters. The molecule has 0 unspecified atom stereocenters. The van der Waals surface area contributed by atoms with Gasteiger partial charge in [0.05, 0.1) is 19.0 Å². The van der Waals surface area contributed by atoms with Crippen molar-refractivity contribution in [2.75, 3.05) is 25.0 Å². The van der Waals surface area contributed by atoms with Crippen LogP contribution in [-0.4, -0.2) is 38.7 Å². The van der Waals surface area contributed by atoms with Crippen LogP contribution in [0.15, 0.2) is 35.5 Å². The molecule has 1 heterocycles. The first-order valence-corrected chi connectivity index (χ1v) is 8.20. The summed E-state index contributed by atoms with van der Waals surface area (Å²) in [6, 6.07) is 3.17. The molecule has 0 aliphatic carbocycles. The number of hydrogen-bond acceptors (Lipinski definition) is 6. The zero-order valence-electron chi connectivity index (χ0n) is 12.0. The highest BCUT2D eigenvalue weighted by atomic mass is 35.5. The summed E-state index contributed by atoms with van der Waals surface area (Å²) in [6.07, 6.45) is 2.43. The van der Waals surface area contributed by atoms with Crippen molar-refractivity contribution >= 4 is 27.4 Å². The average molecular weight is 362 g/mol. The van der Waals surface area contributed by atoms with Crippen molar-refractivity contribution < 1.29 is 22.3 Å². The van der Waals surface area contributed by atoms with Gasteiger partial charge < -0.3 is 9.47 Å². The van der Waals surface area contributed by atoms with E-state index >= 15 is 0 Å². The third-order valence-corrected chi connectivity index (χ3v) is 4.14. The summed E-state index contributed by atoms with van der Waals surface area (Å²) in [5.41, 5.74) is 0. The van der Waals surface area contributed by atoms with Gasteiger partial charge in [-0.1, -0.05) is 11.6 Å². The van der Waals surface area contributed by atoms with Crippen molar-refractivity contribution in [3.8, 4) is 5.75 Å². The minimum absolute atomic E-state index is 0.00839. The summed E-state index contributed by atoms with van der Waals surface area (Å²) in [5.74, 6) is -0.822. The van der Waals surface area contributed by atoms with E-state index in [2.05, 4.69) is 14.7 Å². The summed E-state index contributed by atoms with van der Waals surface area (Å²) < 4.78 is 50.6. The summed E-state index contributed by atoms with van der Waals surface area (Å²) in [5, 5.41) is 0.0148. The van der Waals surface area contributed by atoms with E-state index in [9.17, 15) is 12.8 Å². The molecule has 0 spiro atoms. The fraction of sp³-hybridized carbons (Fsp3) is 0.231. The van der Waals surface area contributed by atoms with Crippen LogP contribution in [-0.2, 0) is 14.8 Å². The molecule has 0 fully saturated rings. The Balaban J connectivity index is 2.32. The van der Waals surface area contributed by atoms with Gasteiger partial charge in [0.2, 0.25) is 0 Å². The van der Waals surface area contributed by atoms with Gasteiger partial charge in [0.25, 0.3) is 10.0 Å². The molecule has 1 aromatic heterocycles. The summed E-state index contributed by atoms with van der Waals surface area (Å²) >= 11 is 5.65. The first-order chi connectivity index (χ1) is 10.9. The largest absolute Gasteiger partial charge is 0.490 e. The molecule has 2 aromatic rings. The first kappa shape index (κ1) is 17.4. The normalized spacial score (nSPS) is 11.3. The van der Waals surface area contributed by atoms with Crippen LogP contribution in [0.2, 0.25) is 5.15 Å². The second-order valence-electron chi connectivity index (χ2n) is 4.26. The van der Waals surface area contributed by atoms with Gasteiger partial charge in [0.15, 0.2) is 5.82 Å². The molecule has 0 saturated carbocycles. The van der Waals surface area contributed by atoms with Gasteiger partial charge in [-0.3, -0.25) is 9.71 Å². The number of aromatic nitrogens is 2. The molecule has 0 amide bonds. The summed E-state index contributed by atoms with van der Waals surface area (Å²) in [6.45, 7) is 0.367. The Labute approximate surface area is 137 Å². The number of halogens is 2. The smallest absolute Gasteiger partial charge is 0.266 e. The van der Waals surface area contributed by atoms with Crippen LogP contribution in [0.5, 0.6) is 5.75 Å². The van der Waals surface area contributed by atoms with Gasteiger partial charge in [0, 0.05) is 7.11 Å². The Hall–Kier alpha value is -1.97. The first-order valence-electron chi connectivity index (χ1n) is 6.34. The van der Waals surface area contributed by atoms with Crippen LogP contribution in [0.4, 0.5) is 10.2 Å². The molecule has 0 saturated heterocycles. The van der Waals surface area contributed by atoms with E-state index < -0.39 is 15.8 Å². The topological polar surface area (TPSA) is 90.4 Å². The minimum atomic E-state index is -4.14. The molecule has 0 radical (unpaired) electrons. The number of sulfonamides is 1. The lowest BCUT2D eigenvalue weighted by Crippen LogP contribution is -2.16. The monoisotopic (exact) mass is 361 g/mol. The highest BCUT2D eigenvalue weighted by Crippen LogP contribution is 2.26. The van der Waals surface area contributed by atoms with Crippen LogP contribution < -0.4 is 9.46 Å². The summed E-state index contributed by atoms with van der Waals surface area (Å²) in [4.78, 5) is 7.12. The number of ether oxygens (including phenoxy) is 2. The summed E-state index contributed by atoms with van der Waals surface area (Å²) in [7, 11) is -2.66. The third kappa shape index (κ3) is 4.75. The van der Waals surface area contributed by atoms with E-state index in [4.69, 9.17) is 21.1 Å². The van der Waals surface area contributed by atoms with Gasteiger partial charge in [-0.25, -0.2) is 17.8 Å². The van der Waals surface area contributed by atoms with Crippen LogP contribution in [0.3, 0.4) is 0 Å². The van der Waals surface area contributed by atoms with Gasteiger partial charge in [-0.05, 0) is 18.2 Å². The molecule has 1 aromatic carbocycles. The molecule has 0 aliphatic heterocycles. The van der Waals surface area contributed by atoms with E-state index in [1.807, 2.05) is 0 Å². The molecule has 1 N–H and O–H groups in total. The molecule has 124 valence electrons. The SMILES string of the molecule is COCCOc1ccc(F)cc1S(=O)(=O)Nc1cncc(Cl)n1. The van der Waals surface area contributed by atoms with Crippen LogP contribution in [0.25, 0.3) is 0 Å². The molecular formula is C13H13ClFN3O4S. The lowest BCUT2D eigenvalue weighted by Gasteiger charge is -2.13. The lowest BCUT2D eigenvalue weighted by atomic mass is 10.3. The minimum Gasteiger partial charge on any atom is -0.490 e. The van der Waals surface area contributed by atoms with Gasteiger partial charge in [-0.15, -0.1) is 0 Å². The maximum atomic E-state index is 13.4. The average Bonchev–Trinajstić information content (AvgIpc) is 2.48. The quantitative estimate of drug-likeness (QED) is 0.759. The Bertz CT molecular complexity index is 789. The molecular weight excluding hydrogens is 349 g/mol. The molecule has 23 heavy (non-hydrogen) atoms. The standard InChI is InChI=1S/C13H13ClFN3O4S/c1-21-4-5-22-10-3-2-9(15)6-11(10)23(19,20)18-13-8-16-7-12(14)17-13/h2-3,6-8H,4-5H2,1H3,(H,17,18). The highest BCUT2D eigenvalue weighted by Gasteiger charge is 2.21. The van der Waals surface area contributed by atoms with Gasteiger partial charge in [0.1, 0.15) is 28.2 Å². The van der Waals surface area contributed by atoms with Crippen molar-refractivity contribution in [3.05, 3.63) is 41.6 Å². The predicted molar refractivity (Wildman–Crippen MR) is 81.6 cm³/mol. The maximum absolute atomic E-state index is 13.4. The van der Waals surface area contributed by atoms with Crippen molar-refractivity contribution in [2.24, 2.45) is 0 Å². The second kappa shape index (κ2) is 7.53. The van der Waals surface area contributed by atoms with E-state index in [0.717, 1.165) is 12.1 Å². The molecule has 2 rings (SSSR count). The van der Waals surface area contributed by atoms with Crippen LogP contribution >= 0.6 is 11.6 Å². The Morgan fingerprint density at radius 3 is 2.78 bits per heavy atom. The number of anilines is 1. The van der Waals surface area contributed by atoms with Crippen molar-refractivity contribution in [1.29, 1.82) is 0 Å². The van der Waals surface area contributed by atoms with E-state index in [-0.39, 0.29) is 34.8 Å². The van der Waals surface area contributed by atoms with Crippen molar-refractivity contribution in [1.82, 2.24) is 9.97 Å². The number of nitrogens with zero attached hydrogens (tertiary/aromatic N) is 2. The van der Waals surface area contributed by atoms with Crippen LogP contribution in [0, 0.1) is 5.82 Å². The number of rotatable bonds is 7. The van der Waals surface area contributed by atoms with Crippen LogP contribution in [0.1, 0.15) is 0 Å². The zero-order valence-corrected chi connectivity index (χ0v) is 13.6. The maximum Gasteiger partial charge on any atom is 0.266 e. The van der Waals surface area contributed by atoms with E-state index in [1.54, 1.807) is 0 Å². The molecule has 7 nitrogen and oxygen atoms in total. The van der Waals surface area contributed by atoms with E-state index in [1.165, 1.54) is 25.6 Å². The van der Waals surface area contributed by atoms with Gasteiger partial charge in [-0.2, -0.15) is 0 Å². The second-order valence-corrected chi connectivity index (χ2v) is 6.30. The highest BCUT2D eigenvalue weighted by molar-refractivity contribution is 7.92. The number of hydrogen-bond donors (Lipinski definition) is 1. The number of nitrogens with one attached hydrogen (secondary N) is 1. The van der Waals surface area contributed by atoms with E-state index in [0.29, 0.717) is 0 Å². The number of methoxy groups -OCH3 is 1. The fourth-order valence-corrected chi connectivity index (χ4v) is 2.92. The predicted octanol–water partition coefficient (Wildman–Crippen LogP) is 2.10. The third-order valence-electron chi connectivity index (χ3n) is 2.58. The fourth-order valence-electron chi connectivity index (χ4n) is 1.63. The molecule has 10 heteroatoms. The Morgan fingerprint density at radius 1 is 1.30 bits per heavy atom. The number of benzene rings is 1. The van der Waals surface area contributed by atoms with Gasteiger partial charge >= 0.3 is 0 Å². The molecule has 0 bridgehead atoms. The Kier molecular flexibility index (Phi) is 5.69. The van der Waals surface area contributed by atoms with Crippen molar-refractivity contribution in [3.63, 3.8) is 0 Å². The lowest BCUT2D eigenvalue weighted by molar-refractivity contribution is 0.144. The Morgan fingerprint density at radius 2 is 2.09 bits per heavy atom.